The molecule has 0 saturated heterocycles. The Bertz CT molecular complexity index is 412. The van der Waals surface area contributed by atoms with Gasteiger partial charge in [-0.05, 0) is 24.5 Å². The Morgan fingerprint density at radius 2 is 1.78 bits per heavy atom. The largest absolute Gasteiger partial charge is 0.295 e. The Hall–Kier alpha value is -1.94. The van der Waals surface area contributed by atoms with Crippen LogP contribution in [0.1, 0.15) is 31.2 Å². The van der Waals surface area contributed by atoms with E-state index in [1.54, 1.807) is 17.6 Å². The molecule has 96 valence electrons. The number of hydrogen-bond acceptors (Lipinski definition) is 3. The number of ketones is 1. The van der Waals surface area contributed by atoms with Crippen molar-refractivity contribution in [2.75, 3.05) is 0 Å². The fourth-order valence-electron chi connectivity index (χ4n) is 1.48. The maximum Gasteiger partial charge on any atom is 0.243 e. The van der Waals surface area contributed by atoms with Crippen LogP contribution in [-0.4, -0.2) is 16.9 Å². The highest BCUT2D eigenvalue weighted by Gasteiger charge is 2.00. The number of benzene rings is 1. The smallest absolute Gasteiger partial charge is 0.243 e. The number of hydroxylamine groups is 1. The number of unbranched alkanes of at least 4 members (excludes halogenated alkanes) is 1. The molecular weight excluding hydrogens is 230 g/mol. The quantitative estimate of drug-likeness (QED) is 0.336. The van der Waals surface area contributed by atoms with Gasteiger partial charge < -0.3 is 0 Å². The fraction of sp³-hybridized carbons (Fsp3) is 0.286. The lowest BCUT2D eigenvalue weighted by Gasteiger charge is -1.97. The van der Waals surface area contributed by atoms with Crippen LogP contribution < -0.4 is 5.48 Å². The minimum absolute atomic E-state index is 0.0447. The van der Waals surface area contributed by atoms with E-state index in [-0.39, 0.29) is 12.2 Å². The molecule has 0 spiro atoms. The molecule has 0 saturated carbocycles. The van der Waals surface area contributed by atoms with Crippen molar-refractivity contribution in [3.8, 4) is 0 Å². The molecule has 1 amide bonds. The third-order valence-electron chi connectivity index (χ3n) is 2.46. The van der Waals surface area contributed by atoms with Crippen LogP contribution in [0.2, 0.25) is 0 Å². The van der Waals surface area contributed by atoms with Crippen molar-refractivity contribution in [1.29, 1.82) is 0 Å². The second-order valence-electron chi connectivity index (χ2n) is 3.95. The third-order valence-corrected chi connectivity index (χ3v) is 2.46. The van der Waals surface area contributed by atoms with Gasteiger partial charge in [-0.15, -0.1) is 0 Å². The first kappa shape index (κ1) is 14.1. The Kier molecular flexibility index (Phi) is 6.43. The summed E-state index contributed by atoms with van der Waals surface area (Å²) in [6.07, 6.45) is 5.24. The highest BCUT2D eigenvalue weighted by atomic mass is 16.5. The Labute approximate surface area is 106 Å². The lowest BCUT2D eigenvalue weighted by Crippen LogP contribution is -2.17. The van der Waals surface area contributed by atoms with E-state index in [0.29, 0.717) is 19.3 Å². The first-order chi connectivity index (χ1) is 8.72. The van der Waals surface area contributed by atoms with Crippen LogP contribution in [0.15, 0.2) is 36.4 Å². The summed E-state index contributed by atoms with van der Waals surface area (Å²) in [5, 5.41) is 8.28. The van der Waals surface area contributed by atoms with E-state index < -0.39 is 5.91 Å². The van der Waals surface area contributed by atoms with E-state index in [9.17, 15) is 9.59 Å². The van der Waals surface area contributed by atoms with Gasteiger partial charge in [0.15, 0.2) is 5.78 Å². The van der Waals surface area contributed by atoms with E-state index in [4.69, 9.17) is 5.21 Å². The van der Waals surface area contributed by atoms with E-state index in [0.717, 1.165) is 5.56 Å². The first-order valence-corrected chi connectivity index (χ1v) is 5.91. The maximum absolute atomic E-state index is 11.5. The molecule has 4 nitrogen and oxygen atoms in total. The summed E-state index contributed by atoms with van der Waals surface area (Å²) in [5.41, 5.74) is 2.55. The molecule has 1 aromatic carbocycles. The number of carbonyl (C=O) groups is 2. The SMILES string of the molecule is O=C(C=Cc1ccccc1)CCCCC(=O)NO. The fourth-order valence-corrected chi connectivity index (χ4v) is 1.48. The molecule has 0 aromatic heterocycles. The van der Waals surface area contributed by atoms with Crippen molar-refractivity contribution < 1.29 is 14.8 Å². The molecule has 0 fully saturated rings. The van der Waals surface area contributed by atoms with Crippen LogP contribution in [0.5, 0.6) is 0 Å². The normalized spacial score (nSPS) is 10.5. The lowest BCUT2D eigenvalue weighted by atomic mass is 10.1. The van der Waals surface area contributed by atoms with Gasteiger partial charge in [0.1, 0.15) is 0 Å². The van der Waals surface area contributed by atoms with Crippen LogP contribution in [0.25, 0.3) is 6.08 Å². The van der Waals surface area contributed by atoms with Crippen LogP contribution in [0.3, 0.4) is 0 Å². The second-order valence-corrected chi connectivity index (χ2v) is 3.95. The summed E-state index contributed by atoms with van der Waals surface area (Å²) in [6, 6.07) is 9.60. The van der Waals surface area contributed by atoms with Gasteiger partial charge in [0.05, 0.1) is 0 Å². The number of allylic oxidation sites excluding steroid dienone is 1. The Balaban J connectivity index is 2.22. The van der Waals surface area contributed by atoms with Gasteiger partial charge >= 0.3 is 0 Å². The summed E-state index contributed by atoms with van der Waals surface area (Å²) in [6.45, 7) is 0. The number of hydrogen-bond donors (Lipinski definition) is 2. The van der Waals surface area contributed by atoms with Gasteiger partial charge in [-0.1, -0.05) is 36.4 Å². The predicted molar refractivity (Wildman–Crippen MR) is 68.9 cm³/mol. The molecule has 1 rings (SSSR count). The zero-order chi connectivity index (χ0) is 13.2. The highest BCUT2D eigenvalue weighted by molar-refractivity contribution is 5.93. The summed E-state index contributed by atoms with van der Waals surface area (Å²) in [5.74, 6) is -0.370. The zero-order valence-electron chi connectivity index (χ0n) is 10.1. The molecule has 0 heterocycles. The van der Waals surface area contributed by atoms with Gasteiger partial charge in [0.2, 0.25) is 5.91 Å². The van der Waals surface area contributed by atoms with Crippen molar-refractivity contribution in [2.45, 2.75) is 25.7 Å². The number of nitrogens with one attached hydrogen (secondary N) is 1. The van der Waals surface area contributed by atoms with E-state index in [1.807, 2.05) is 30.3 Å². The minimum atomic E-state index is -0.415. The average Bonchev–Trinajstić information content (AvgIpc) is 2.42. The molecule has 0 atom stereocenters. The van der Waals surface area contributed by atoms with Gasteiger partial charge in [-0.2, -0.15) is 0 Å². The molecule has 2 N–H and O–H groups in total. The van der Waals surface area contributed by atoms with Crippen LogP contribution in [-0.2, 0) is 9.59 Å². The van der Waals surface area contributed by atoms with Gasteiger partial charge in [0, 0.05) is 12.8 Å². The van der Waals surface area contributed by atoms with E-state index in [2.05, 4.69) is 0 Å². The van der Waals surface area contributed by atoms with E-state index >= 15 is 0 Å². The number of amides is 1. The number of carbonyl (C=O) groups excluding carboxylic acids is 2. The average molecular weight is 247 g/mol. The zero-order valence-corrected chi connectivity index (χ0v) is 10.1. The lowest BCUT2D eigenvalue weighted by molar-refractivity contribution is -0.129. The van der Waals surface area contributed by atoms with Gasteiger partial charge in [0.25, 0.3) is 0 Å². The highest BCUT2D eigenvalue weighted by Crippen LogP contribution is 2.04. The Morgan fingerprint density at radius 3 is 2.44 bits per heavy atom. The van der Waals surface area contributed by atoms with E-state index in [1.165, 1.54) is 0 Å². The molecule has 0 radical (unpaired) electrons. The molecule has 18 heavy (non-hydrogen) atoms. The molecule has 0 aliphatic heterocycles. The monoisotopic (exact) mass is 247 g/mol. The summed E-state index contributed by atoms with van der Waals surface area (Å²) < 4.78 is 0. The van der Waals surface area contributed by atoms with Crippen molar-refractivity contribution in [2.24, 2.45) is 0 Å². The second kappa shape index (κ2) is 8.20. The third kappa shape index (κ3) is 5.96. The van der Waals surface area contributed by atoms with Gasteiger partial charge in [-0.3, -0.25) is 14.8 Å². The minimum Gasteiger partial charge on any atom is -0.295 e. The molecule has 1 aromatic rings. The Morgan fingerprint density at radius 1 is 1.11 bits per heavy atom. The summed E-state index contributed by atoms with van der Waals surface area (Å²) >= 11 is 0. The molecule has 0 unspecified atom stereocenters. The molecular formula is C14H17NO3. The van der Waals surface area contributed by atoms with Crippen molar-refractivity contribution >= 4 is 17.8 Å². The van der Waals surface area contributed by atoms with Crippen LogP contribution >= 0.6 is 0 Å². The number of rotatable bonds is 7. The van der Waals surface area contributed by atoms with Crippen LogP contribution in [0, 0.1) is 0 Å². The molecule has 4 heteroatoms. The molecule has 0 aliphatic carbocycles. The molecule has 0 aliphatic rings. The maximum atomic E-state index is 11.5. The molecule has 0 bridgehead atoms. The predicted octanol–water partition coefficient (Wildman–Crippen LogP) is 2.33. The topological polar surface area (TPSA) is 66.4 Å². The van der Waals surface area contributed by atoms with Crippen LogP contribution in [0.4, 0.5) is 0 Å². The van der Waals surface area contributed by atoms with Crippen molar-refractivity contribution in [1.82, 2.24) is 5.48 Å². The van der Waals surface area contributed by atoms with Crippen molar-refractivity contribution in [3.63, 3.8) is 0 Å². The first-order valence-electron chi connectivity index (χ1n) is 5.91. The van der Waals surface area contributed by atoms with Crippen molar-refractivity contribution in [3.05, 3.63) is 42.0 Å². The standard InChI is InChI=1S/C14H17NO3/c16-13(8-4-5-9-14(17)15-18)11-10-12-6-2-1-3-7-12/h1-3,6-7,10-11,18H,4-5,8-9H2,(H,15,17). The summed E-state index contributed by atoms with van der Waals surface area (Å²) in [4.78, 5) is 22.2. The van der Waals surface area contributed by atoms with Gasteiger partial charge in [-0.25, -0.2) is 5.48 Å². The summed E-state index contributed by atoms with van der Waals surface area (Å²) in [7, 11) is 0.